The minimum atomic E-state index is -0.620. The van der Waals surface area contributed by atoms with Crippen LogP contribution in [0.3, 0.4) is 0 Å². The van der Waals surface area contributed by atoms with E-state index in [9.17, 15) is 10.1 Å². The van der Waals surface area contributed by atoms with Crippen LogP contribution in [0.25, 0.3) is 10.1 Å². The van der Waals surface area contributed by atoms with Crippen LogP contribution in [0.5, 0.6) is 17.2 Å². The molecule has 4 aromatic rings. The molecule has 184 valence electrons. The van der Waals surface area contributed by atoms with Crippen molar-refractivity contribution in [2.45, 2.75) is 5.92 Å². The van der Waals surface area contributed by atoms with Crippen molar-refractivity contribution in [3.8, 4) is 23.3 Å². The molecular formula is C28H18Cl2N2O4S. The van der Waals surface area contributed by atoms with Crippen molar-refractivity contribution in [1.29, 1.82) is 5.26 Å². The van der Waals surface area contributed by atoms with Gasteiger partial charge in [0.15, 0.2) is 0 Å². The fourth-order valence-corrected chi connectivity index (χ4v) is 5.93. The molecule has 37 heavy (non-hydrogen) atoms. The molecule has 1 unspecified atom stereocenters. The van der Waals surface area contributed by atoms with Gasteiger partial charge in [-0.05, 0) is 35.9 Å². The summed E-state index contributed by atoms with van der Waals surface area (Å²) in [5.41, 5.74) is 7.93. The van der Waals surface area contributed by atoms with Crippen molar-refractivity contribution in [2.24, 2.45) is 5.73 Å². The maximum atomic E-state index is 13.0. The standard InChI is InChI=1S/C28H18Cl2N2O4S/c1-2-12-34-16-8-6-15(7-9-16)23-18-11-10-17(13-21(18)36-27(32)19(23)14-31)35-28(33)26-25(30)24-20(29)4-3-5-22(24)37-26/h2-11,13,23H,1,12,32H2. The normalized spacial score (nSPS) is 14.5. The van der Waals surface area contributed by atoms with Crippen LogP contribution in [0, 0.1) is 11.3 Å². The number of esters is 1. The Balaban J connectivity index is 1.46. The Morgan fingerprint density at radius 1 is 1.16 bits per heavy atom. The minimum absolute atomic E-state index is 0.0161. The molecule has 2 N–H and O–H groups in total. The average molecular weight is 549 g/mol. The SMILES string of the molecule is C=CCOc1ccc(C2C(C#N)=C(N)Oc3cc(OC(=O)c4sc5cccc(Cl)c5c4Cl)ccc32)cc1. The predicted octanol–water partition coefficient (Wildman–Crippen LogP) is 7.21. The smallest absolute Gasteiger partial charge is 0.355 e. The van der Waals surface area contributed by atoms with Crippen molar-refractivity contribution in [3.05, 3.63) is 111 Å². The third-order valence-electron chi connectivity index (χ3n) is 5.77. The summed E-state index contributed by atoms with van der Waals surface area (Å²) in [5, 5.41) is 11.1. The third kappa shape index (κ3) is 4.63. The number of benzene rings is 3. The van der Waals surface area contributed by atoms with Gasteiger partial charge in [-0.3, -0.25) is 0 Å². The van der Waals surface area contributed by atoms with E-state index in [4.69, 9.17) is 43.1 Å². The fraction of sp³-hybridized carbons (Fsp3) is 0.0714. The van der Waals surface area contributed by atoms with Crippen molar-refractivity contribution in [2.75, 3.05) is 6.61 Å². The molecule has 6 nitrogen and oxygen atoms in total. The second-order valence-corrected chi connectivity index (χ2v) is 9.88. The predicted molar refractivity (Wildman–Crippen MR) is 145 cm³/mol. The molecule has 0 aliphatic carbocycles. The third-order valence-corrected chi connectivity index (χ3v) is 7.71. The summed E-state index contributed by atoms with van der Waals surface area (Å²) in [4.78, 5) is 13.2. The molecule has 0 spiro atoms. The Kier molecular flexibility index (Phi) is 6.81. The van der Waals surface area contributed by atoms with Crippen molar-refractivity contribution >= 4 is 50.6 Å². The lowest BCUT2D eigenvalue weighted by Gasteiger charge is -2.26. The molecular weight excluding hydrogens is 531 g/mol. The number of hydrogen-bond acceptors (Lipinski definition) is 7. The number of hydrogen-bond donors (Lipinski definition) is 1. The molecule has 2 heterocycles. The van der Waals surface area contributed by atoms with Crippen LogP contribution in [0.15, 0.2) is 84.8 Å². The Morgan fingerprint density at radius 2 is 1.92 bits per heavy atom. The molecule has 0 radical (unpaired) electrons. The second kappa shape index (κ2) is 10.2. The van der Waals surface area contributed by atoms with Crippen LogP contribution in [-0.4, -0.2) is 12.6 Å². The summed E-state index contributed by atoms with van der Waals surface area (Å²) in [7, 11) is 0. The van der Waals surface area contributed by atoms with Crippen LogP contribution >= 0.6 is 34.5 Å². The van der Waals surface area contributed by atoms with Gasteiger partial charge in [0, 0.05) is 21.7 Å². The Bertz CT molecular complexity index is 1620. The van der Waals surface area contributed by atoms with E-state index < -0.39 is 11.9 Å². The zero-order valence-corrected chi connectivity index (χ0v) is 21.5. The first-order chi connectivity index (χ1) is 17.9. The van der Waals surface area contributed by atoms with Gasteiger partial charge in [-0.1, -0.05) is 60.1 Å². The molecule has 5 rings (SSSR count). The number of rotatable bonds is 6. The van der Waals surface area contributed by atoms with E-state index in [2.05, 4.69) is 12.6 Å². The van der Waals surface area contributed by atoms with E-state index in [0.717, 1.165) is 10.3 Å². The van der Waals surface area contributed by atoms with Gasteiger partial charge in [0.2, 0.25) is 5.88 Å². The summed E-state index contributed by atoms with van der Waals surface area (Å²) in [6, 6.07) is 19.8. The zero-order valence-electron chi connectivity index (χ0n) is 19.2. The van der Waals surface area contributed by atoms with Gasteiger partial charge in [0.05, 0.1) is 16.0 Å². The second-order valence-electron chi connectivity index (χ2n) is 8.04. The van der Waals surface area contributed by atoms with Crippen LogP contribution in [0.2, 0.25) is 10.0 Å². The number of carbonyl (C=O) groups excluding carboxylic acids is 1. The summed E-state index contributed by atoms with van der Waals surface area (Å²) in [6.07, 6.45) is 1.66. The monoisotopic (exact) mass is 548 g/mol. The molecule has 9 heteroatoms. The molecule has 1 aliphatic heterocycles. The molecule has 0 amide bonds. The summed E-state index contributed by atoms with van der Waals surface area (Å²) >= 11 is 13.9. The largest absolute Gasteiger partial charge is 0.490 e. The minimum Gasteiger partial charge on any atom is -0.490 e. The van der Waals surface area contributed by atoms with Gasteiger partial charge < -0.3 is 19.9 Å². The lowest BCUT2D eigenvalue weighted by molar-refractivity contribution is 0.0740. The number of nitrogens with zero attached hydrogens (tertiary/aromatic N) is 1. The van der Waals surface area contributed by atoms with Gasteiger partial charge in [-0.15, -0.1) is 11.3 Å². The van der Waals surface area contributed by atoms with Crippen LogP contribution in [0.4, 0.5) is 0 Å². The van der Waals surface area contributed by atoms with Crippen molar-refractivity contribution < 1.29 is 19.0 Å². The van der Waals surface area contributed by atoms with Gasteiger partial charge in [-0.2, -0.15) is 5.26 Å². The summed E-state index contributed by atoms with van der Waals surface area (Å²) in [5.74, 6) is 0.192. The Hall–Kier alpha value is -3.96. The number of nitriles is 1. The first kappa shape index (κ1) is 24.7. The number of halogens is 2. The molecule has 0 fully saturated rings. The molecule has 1 atom stereocenters. The number of allylic oxidation sites excluding steroid dienone is 1. The topological polar surface area (TPSA) is 94.6 Å². The highest BCUT2D eigenvalue weighted by atomic mass is 35.5. The summed E-state index contributed by atoms with van der Waals surface area (Å²) < 4.78 is 17.7. The molecule has 0 bridgehead atoms. The van der Waals surface area contributed by atoms with Crippen LogP contribution in [0.1, 0.15) is 26.7 Å². The van der Waals surface area contributed by atoms with E-state index in [1.165, 1.54) is 11.3 Å². The number of fused-ring (bicyclic) bond motifs is 2. The lowest BCUT2D eigenvalue weighted by atomic mass is 9.83. The maximum Gasteiger partial charge on any atom is 0.355 e. The Labute approximate surface area is 226 Å². The van der Waals surface area contributed by atoms with Crippen LogP contribution < -0.4 is 19.9 Å². The van der Waals surface area contributed by atoms with Gasteiger partial charge in [0.1, 0.15) is 40.4 Å². The quantitative estimate of drug-likeness (QED) is 0.155. The van der Waals surface area contributed by atoms with E-state index in [-0.39, 0.29) is 27.1 Å². The highest BCUT2D eigenvalue weighted by Crippen LogP contribution is 2.44. The number of ether oxygens (including phenoxy) is 3. The number of nitrogens with two attached hydrogens (primary N) is 1. The van der Waals surface area contributed by atoms with Gasteiger partial charge >= 0.3 is 5.97 Å². The fourth-order valence-electron chi connectivity index (χ4n) is 4.11. The first-order valence-electron chi connectivity index (χ1n) is 11.0. The molecule has 3 aromatic carbocycles. The molecule has 0 saturated carbocycles. The number of carbonyl (C=O) groups is 1. The van der Waals surface area contributed by atoms with E-state index in [0.29, 0.717) is 34.1 Å². The van der Waals surface area contributed by atoms with Gasteiger partial charge in [-0.25, -0.2) is 4.79 Å². The van der Waals surface area contributed by atoms with Crippen molar-refractivity contribution in [1.82, 2.24) is 0 Å². The molecule has 1 aromatic heterocycles. The zero-order chi connectivity index (χ0) is 26.1. The summed E-state index contributed by atoms with van der Waals surface area (Å²) in [6.45, 7) is 4.03. The highest BCUT2D eigenvalue weighted by Gasteiger charge is 2.31. The number of thiophene rings is 1. The highest BCUT2D eigenvalue weighted by molar-refractivity contribution is 7.21. The molecule has 1 aliphatic rings. The Morgan fingerprint density at radius 3 is 2.62 bits per heavy atom. The average Bonchev–Trinajstić information content (AvgIpc) is 3.24. The van der Waals surface area contributed by atoms with Crippen molar-refractivity contribution in [3.63, 3.8) is 0 Å². The van der Waals surface area contributed by atoms with E-state index >= 15 is 0 Å². The molecule has 0 saturated heterocycles. The lowest BCUT2D eigenvalue weighted by Crippen LogP contribution is -2.21. The first-order valence-corrected chi connectivity index (χ1v) is 12.6. The van der Waals surface area contributed by atoms with Gasteiger partial charge in [0.25, 0.3) is 0 Å². The van der Waals surface area contributed by atoms with E-state index in [1.807, 2.05) is 30.3 Å². The maximum absolute atomic E-state index is 13.0. The van der Waals surface area contributed by atoms with E-state index in [1.54, 1.807) is 36.4 Å². The van der Waals surface area contributed by atoms with Crippen LogP contribution in [-0.2, 0) is 0 Å².